The lowest BCUT2D eigenvalue weighted by molar-refractivity contribution is 0.0526. The third-order valence-corrected chi connectivity index (χ3v) is 3.08. The smallest absolute Gasteiger partial charge is 0.338 e. The molecular formula is C14H14O3S. The molecule has 1 aromatic carbocycles. The number of carbonyl (C=O) groups excluding carboxylic acids is 1. The average Bonchev–Trinajstić information content (AvgIpc) is 2.90. The van der Waals surface area contributed by atoms with E-state index in [-0.39, 0.29) is 5.97 Å². The molecule has 2 aromatic rings. The lowest BCUT2D eigenvalue weighted by atomic mass is 10.2. The maximum absolute atomic E-state index is 11.4. The molecule has 0 aliphatic carbocycles. The highest BCUT2D eigenvalue weighted by Crippen LogP contribution is 2.15. The second-order valence-electron chi connectivity index (χ2n) is 3.67. The fraction of sp³-hybridized carbons (Fsp3) is 0.214. The Labute approximate surface area is 110 Å². The van der Waals surface area contributed by atoms with Gasteiger partial charge in [0.1, 0.15) is 12.4 Å². The Morgan fingerprint density at radius 3 is 2.61 bits per heavy atom. The van der Waals surface area contributed by atoms with Gasteiger partial charge in [-0.05, 0) is 53.6 Å². The van der Waals surface area contributed by atoms with Crippen LogP contribution in [-0.2, 0) is 11.3 Å². The molecule has 4 heteroatoms. The summed E-state index contributed by atoms with van der Waals surface area (Å²) in [5.74, 6) is 0.441. The third-order valence-electron chi connectivity index (χ3n) is 2.35. The van der Waals surface area contributed by atoms with E-state index in [1.54, 1.807) is 42.5 Å². The summed E-state index contributed by atoms with van der Waals surface area (Å²) >= 11 is 1.65. The van der Waals surface area contributed by atoms with E-state index in [4.69, 9.17) is 9.47 Å². The van der Waals surface area contributed by atoms with E-state index in [9.17, 15) is 4.79 Å². The zero-order chi connectivity index (χ0) is 12.8. The summed E-state index contributed by atoms with van der Waals surface area (Å²) < 4.78 is 10.5. The van der Waals surface area contributed by atoms with E-state index >= 15 is 0 Å². The number of carbonyl (C=O) groups is 1. The van der Waals surface area contributed by atoms with Crippen LogP contribution >= 0.6 is 11.3 Å². The van der Waals surface area contributed by atoms with Crippen LogP contribution in [0.5, 0.6) is 5.75 Å². The molecule has 94 valence electrons. The van der Waals surface area contributed by atoms with Gasteiger partial charge in [0.25, 0.3) is 0 Å². The van der Waals surface area contributed by atoms with Gasteiger partial charge in [0.15, 0.2) is 0 Å². The first kappa shape index (κ1) is 12.6. The monoisotopic (exact) mass is 262 g/mol. The van der Waals surface area contributed by atoms with Gasteiger partial charge in [0.2, 0.25) is 0 Å². The van der Waals surface area contributed by atoms with Crippen molar-refractivity contribution in [2.75, 3.05) is 6.61 Å². The number of rotatable bonds is 5. The summed E-state index contributed by atoms with van der Waals surface area (Å²) in [6, 6.07) is 9.00. The van der Waals surface area contributed by atoms with Gasteiger partial charge in [-0.3, -0.25) is 0 Å². The van der Waals surface area contributed by atoms with E-state index in [0.29, 0.717) is 18.8 Å². The van der Waals surface area contributed by atoms with Gasteiger partial charge in [-0.15, -0.1) is 0 Å². The molecule has 0 N–H and O–H groups in total. The summed E-state index contributed by atoms with van der Waals surface area (Å²) in [5, 5.41) is 4.07. The lowest BCUT2D eigenvalue weighted by Crippen LogP contribution is -2.04. The maximum Gasteiger partial charge on any atom is 0.338 e. The maximum atomic E-state index is 11.4. The Balaban J connectivity index is 1.93. The average molecular weight is 262 g/mol. The van der Waals surface area contributed by atoms with Gasteiger partial charge in [-0.25, -0.2) is 4.79 Å². The number of hydrogen-bond donors (Lipinski definition) is 0. The highest BCUT2D eigenvalue weighted by atomic mass is 32.1. The molecule has 0 saturated carbocycles. The van der Waals surface area contributed by atoms with Crippen molar-refractivity contribution in [2.24, 2.45) is 0 Å². The second-order valence-corrected chi connectivity index (χ2v) is 4.45. The number of hydrogen-bond acceptors (Lipinski definition) is 4. The summed E-state index contributed by atoms with van der Waals surface area (Å²) in [7, 11) is 0. The SMILES string of the molecule is CCOC(=O)c1ccc(OCc2ccsc2)cc1. The summed E-state index contributed by atoms with van der Waals surface area (Å²) in [6.07, 6.45) is 0. The van der Waals surface area contributed by atoms with Gasteiger partial charge in [0.05, 0.1) is 12.2 Å². The summed E-state index contributed by atoms with van der Waals surface area (Å²) in [4.78, 5) is 11.4. The normalized spacial score (nSPS) is 10.1. The van der Waals surface area contributed by atoms with E-state index in [1.165, 1.54) is 0 Å². The molecule has 0 fully saturated rings. The minimum absolute atomic E-state index is 0.304. The van der Waals surface area contributed by atoms with Crippen LogP contribution in [0.2, 0.25) is 0 Å². The zero-order valence-corrected chi connectivity index (χ0v) is 10.9. The standard InChI is InChI=1S/C14H14O3S/c1-2-16-14(15)12-3-5-13(6-4-12)17-9-11-7-8-18-10-11/h3-8,10H,2,9H2,1H3. The molecule has 0 saturated heterocycles. The first-order valence-electron chi connectivity index (χ1n) is 5.70. The van der Waals surface area contributed by atoms with Crippen LogP contribution in [-0.4, -0.2) is 12.6 Å². The van der Waals surface area contributed by atoms with Crippen molar-refractivity contribution in [3.8, 4) is 5.75 Å². The number of ether oxygens (including phenoxy) is 2. The zero-order valence-electron chi connectivity index (χ0n) is 10.1. The minimum Gasteiger partial charge on any atom is -0.489 e. The van der Waals surface area contributed by atoms with Gasteiger partial charge in [-0.2, -0.15) is 11.3 Å². The molecule has 2 rings (SSSR count). The number of esters is 1. The fourth-order valence-corrected chi connectivity index (χ4v) is 2.10. The Kier molecular flexibility index (Phi) is 4.36. The van der Waals surface area contributed by atoms with Gasteiger partial charge >= 0.3 is 5.97 Å². The Morgan fingerprint density at radius 2 is 2.00 bits per heavy atom. The van der Waals surface area contributed by atoms with Gasteiger partial charge in [-0.1, -0.05) is 0 Å². The summed E-state index contributed by atoms with van der Waals surface area (Å²) in [5.41, 5.74) is 1.69. The van der Waals surface area contributed by atoms with Crippen molar-refractivity contribution >= 4 is 17.3 Å². The number of benzene rings is 1. The predicted molar refractivity (Wildman–Crippen MR) is 71.0 cm³/mol. The molecule has 0 amide bonds. The molecule has 18 heavy (non-hydrogen) atoms. The topological polar surface area (TPSA) is 35.5 Å². The van der Waals surface area contributed by atoms with Crippen molar-refractivity contribution < 1.29 is 14.3 Å². The Hall–Kier alpha value is -1.81. The number of thiophene rings is 1. The fourth-order valence-electron chi connectivity index (χ4n) is 1.44. The molecule has 0 unspecified atom stereocenters. The predicted octanol–water partition coefficient (Wildman–Crippen LogP) is 3.50. The van der Waals surface area contributed by atoms with Crippen molar-refractivity contribution in [3.63, 3.8) is 0 Å². The molecule has 0 atom stereocenters. The Bertz CT molecular complexity index is 488. The third kappa shape index (κ3) is 3.34. The van der Waals surface area contributed by atoms with Gasteiger partial charge in [0, 0.05) is 0 Å². The van der Waals surface area contributed by atoms with Crippen LogP contribution in [0.4, 0.5) is 0 Å². The first-order chi connectivity index (χ1) is 8.79. The van der Waals surface area contributed by atoms with Crippen molar-refractivity contribution in [1.82, 2.24) is 0 Å². The molecule has 0 spiro atoms. The van der Waals surface area contributed by atoms with Crippen LogP contribution in [0, 0.1) is 0 Å². The molecule has 0 aliphatic heterocycles. The largest absolute Gasteiger partial charge is 0.489 e. The minimum atomic E-state index is -0.304. The molecule has 3 nitrogen and oxygen atoms in total. The second kappa shape index (κ2) is 6.21. The molecule has 1 heterocycles. The van der Waals surface area contributed by atoms with E-state index in [0.717, 1.165) is 11.3 Å². The quantitative estimate of drug-likeness (QED) is 0.774. The molecule has 0 radical (unpaired) electrons. The van der Waals surface area contributed by atoms with Crippen molar-refractivity contribution in [1.29, 1.82) is 0 Å². The molecule has 0 bridgehead atoms. The molecule has 1 aromatic heterocycles. The highest BCUT2D eigenvalue weighted by molar-refractivity contribution is 7.07. The van der Waals surface area contributed by atoms with Crippen LogP contribution in [0.15, 0.2) is 41.1 Å². The van der Waals surface area contributed by atoms with Crippen LogP contribution in [0.25, 0.3) is 0 Å². The van der Waals surface area contributed by atoms with Crippen molar-refractivity contribution in [2.45, 2.75) is 13.5 Å². The lowest BCUT2D eigenvalue weighted by Gasteiger charge is -2.06. The van der Waals surface area contributed by atoms with Crippen molar-refractivity contribution in [3.05, 3.63) is 52.2 Å². The van der Waals surface area contributed by atoms with E-state index in [1.807, 2.05) is 16.8 Å². The van der Waals surface area contributed by atoms with Gasteiger partial charge < -0.3 is 9.47 Å². The van der Waals surface area contributed by atoms with Crippen LogP contribution in [0.1, 0.15) is 22.8 Å². The van der Waals surface area contributed by atoms with E-state index in [2.05, 4.69) is 0 Å². The van der Waals surface area contributed by atoms with E-state index < -0.39 is 0 Å². The summed E-state index contributed by atoms with van der Waals surface area (Å²) in [6.45, 7) is 2.72. The first-order valence-corrected chi connectivity index (χ1v) is 6.65. The van der Waals surface area contributed by atoms with Crippen LogP contribution in [0.3, 0.4) is 0 Å². The highest BCUT2D eigenvalue weighted by Gasteiger charge is 2.05. The molecular weight excluding hydrogens is 248 g/mol. The molecule has 0 aliphatic rings. The Morgan fingerprint density at radius 1 is 1.22 bits per heavy atom. The van der Waals surface area contributed by atoms with Crippen LogP contribution < -0.4 is 4.74 Å².